The van der Waals surface area contributed by atoms with Gasteiger partial charge in [-0.3, -0.25) is 0 Å². The molecule has 0 saturated heterocycles. The first kappa shape index (κ1) is 18.5. The molecule has 1 saturated carbocycles. The topological polar surface area (TPSA) is 68.8 Å². The van der Waals surface area contributed by atoms with Gasteiger partial charge in [0.05, 0.1) is 12.7 Å². The van der Waals surface area contributed by atoms with E-state index >= 15 is 0 Å². The minimum absolute atomic E-state index is 0.218. The molecule has 0 bridgehead atoms. The highest BCUT2D eigenvalue weighted by Crippen LogP contribution is 2.20. The van der Waals surface area contributed by atoms with Gasteiger partial charge in [-0.1, -0.05) is 18.9 Å². The zero-order valence-electron chi connectivity index (χ0n) is 14.4. The van der Waals surface area contributed by atoms with Crippen molar-refractivity contribution in [3.05, 3.63) is 24.3 Å². The summed E-state index contributed by atoms with van der Waals surface area (Å²) in [7, 11) is 1.63. The highest BCUT2D eigenvalue weighted by atomic mass is 16.5. The maximum atomic E-state index is 11.9. The molecular weight excluding hydrogens is 308 g/mol. The van der Waals surface area contributed by atoms with Crippen molar-refractivity contribution in [3.8, 4) is 5.75 Å². The largest absolute Gasteiger partial charge is 0.491 e. The number of urea groups is 1. The molecule has 2 N–H and O–H groups in total. The lowest BCUT2D eigenvalue weighted by Gasteiger charge is -2.12. The molecule has 0 heterocycles. The normalized spacial score (nSPS) is 14.5. The van der Waals surface area contributed by atoms with Gasteiger partial charge in [0.15, 0.2) is 0 Å². The minimum Gasteiger partial charge on any atom is -0.491 e. The summed E-state index contributed by atoms with van der Waals surface area (Å²) in [5.74, 6) is 0.704. The van der Waals surface area contributed by atoms with Crippen molar-refractivity contribution in [2.75, 3.05) is 38.8 Å². The summed E-state index contributed by atoms with van der Waals surface area (Å²) in [5.41, 5.74) is 0.699. The number of carbonyl (C=O) groups is 1. The number of carbonyl (C=O) groups excluding carboxylic acids is 1. The molecule has 6 nitrogen and oxygen atoms in total. The van der Waals surface area contributed by atoms with E-state index in [-0.39, 0.29) is 6.03 Å². The van der Waals surface area contributed by atoms with E-state index < -0.39 is 0 Å². The van der Waals surface area contributed by atoms with Gasteiger partial charge in [0.2, 0.25) is 0 Å². The molecule has 24 heavy (non-hydrogen) atoms. The Balaban J connectivity index is 1.60. The summed E-state index contributed by atoms with van der Waals surface area (Å²) in [6.45, 7) is 2.31. The van der Waals surface area contributed by atoms with Crippen LogP contribution in [0.4, 0.5) is 10.5 Å². The predicted octanol–water partition coefficient (Wildman–Crippen LogP) is 3.18. The third kappa shape index (κ3) is 7.19. The van der Waals surface area contributed by atoms with Gasteiger partial charge in [-0.15, -0.1) is 0 Å². The summed E-state index contributed by atoms with van der Waals surface area (Å²) in [6.07, 6.45) is 6.16. The predicted molar refractivity (Wildman–Crippen MR) is 93.7 cm³/mol. The number of rotatable bonds is 10. The summed E-state index contributed by atoms with van der Waals surface area (Å²) in [4.78, 5) is 11.9. The molecule has 2 amide bonds. The van der Waals surface area contributed by atoms with Crippen LogP contribution in [0.3, 0.4) is 0 Å². The van der Waals surface area contributed by atoms with Crippen LogP contribution in [0.1, 0.15) is 32.1 Å². The highest BCUT2D eigenvalue weighted by Gasteiger charge is 2.14. The summed E-state index contributed by atoms with van der Waals surface area (Å²) in [5, 5.41) is 5.64. The van der Waals surface area contributed by atoms with Crippen LogP contribution in [0.25, 0.3) is 0 Å². The number of benzene rings is 1. The molecule has 6 heteroatoms. The van der Waals surface area contributed by atoms with Crippen molar-refractivity contribution in [2.24, 2.45) is 0 Å². The van der Waals surface area contributed by atoms with Crippen molar-refractivity contribution >= 4 is 11.7 Å². The molecule has 1 aromatic rings. The van der Waals surface area contributed by atoms with E-state index in [1.165, 1.54) is 25.7 Å². The van der Waals surface area contributed by atoms with E-state index in [1.807, 2.05) is 18.2 Å². The second-order valence-electron chi connectivity index (χ2n) is 5.88. The number of amides is 2. The number of hydrogen-bond donors (Lipinski definition) is 2. The zero-order chi connectivity index (χ0) is 17.0. The second-order valence-corrected chi connectivity index (χ2v) is 5.88. The summed E-state index contributed by atoms with van der Waals surface area (Å²) >= 11 is 0. The highest BCUT2D eigenvalue weighted by molar-refractivity contribution is 5.89. The van der Waals surface area contributed by atoms with E-state index in [0.717, 1.165) is 6.42 Å². The first-order valence-corrected chi connectivity index (χ1v) is 8.66. The van der Waals surface area contributed by atoms with Crippen molar-refractivity contribution < 1.29 is 19.0 Å². The van der Waals surface area contributed by atoms with Crippen LogP contribution in [0.5, 0.6) is 5.75 Å². The maximum Gasteiger partial charge on any atom is 0.319 e. The minimum atomic E-state index is -0.218. The number of anilines is 1. The Hall–Kier alpha value is -1.79. The summed E-state index contributed by atoms with van der Waals surface area (Å²) in [6, 6.07) is 7.08. The molecule has 2 rings (SSSR count). The Morgan fingerprint density at radius 3 is 2.83 bits per heavy atom. The average Bonchev–Trinajstić information content (AvgIpc) is 3.08. The number of ether oxygens (including phenoxy) is 3. The Bertz CT molecular complexity index is 490. The van der Waals surface area contributed by atoms with Crippen molar-refractivity contribution in [1.29, 1.82) is 0 Å². The molecule has 0 aromatic heterocycles. The average molecular weight is 336 g/mol. The van der Waals surface area contributed by atoms with Gasteiger partial charge in [-0.25, -0.2) is 4.79 Å². The van der Waals surface area contributed by atoms with Crippen LogP contribution in [0.2, 0.25) is 0 Å². The van der Waals surface area contributed by atoms with E-state index in [0.29, 0.717) is 43.9 Å². The monoisotopic (exact) mass is 336 g/mol. The fourth-order valence-corrected chi connectivity index (χ4v) is 2.66. The van der Waals surface area contributed by atoms with Crippen LogP contribution >= 0.6 is 0 Å². The smallest absolute Gasteiger partial charge is 0.319 e. The molecule has 1 aliphatic carbocycles. The lowest BCUT2D eigenvalue weighted by molar-refractivity contribution is 0.0572. The number of hydrogen-bond acceptors (Lipinski definition) is 4. The molecule has 0 unspecified atom stereocenters. The molecule has 0 atom stereocenters. The van der Waals surface area contributed by atoms with Crippen LogP contribution in [0, 0.1) is 0 Å². The maximum absolute atomic E-state index is 11.9. The SMILES string of the molecule is COCCOc1cccc(NC(=O)NCCCOC2CCCC2)c1. The van der Waals surface area contributed by atoms with Gasteiger partial charge in [-0.05, 0) is 31.4 Å². The second kappa shape index (κ2) is 10.9. The lowest BCUT2D eigenvalue weighted by atomic mass is 10.3. The first-order valence-electron chi connectivity index (χ1n) is 8.66. The van der Waals surface area contributed by atoms with Crippen molar-refractivity contribution in [3.63, 3.8) is 0 Å². The molecule has 0 aliphatic heterocycles. The van der Waals surface area contributed by atoms with Crippen molar-refractivity contribution in [2.45, 2.75) is 38.2 Å². The van der Waals surface area contributed by atoms with Crippen LogP contribution in [-0.2, 0) is 9.47 Å². The number of nitrogens with one attached hydrogen (secondary N) is 2. The number of methoxy groups -OCH3 is 1. The van der Waals surface area contributed by atoms with E-state index in [9.17, 15) is 4.79 Å². The molecule has 1 aliphatic rings. The Morgan fingerprint density at radius 2 is 2.04 bits per heavy atom. The van der Waals surface area contributed by atoms with Gasteiger partial charge in [-0.2, -0.15) is 0 Å². The summed E-state index contributed by atoms with van der Waals surface area (Å²) < 4.78 is 16.2. The zero-order valence-corrected chi connectivity index (χ0v) is 14.4. The van der Waals surface area contributed by atoms with Gasteiger partial charge < -0.3 is 24.8 Å². The molecule has 0 radical (unpaired) electrons. The lowest BCUT2D eigenvalue weighted by Crippen LogP contribution is -2.30. The van der Waals surface area contributed by atoms with Gasteiger partial charge in [0.1, 0.15) is 12.4 Å². The van der Waals surface area contributed by atoms with Gasteiger partial charge in [0, 0.05) is 32.0 Å². The molecule has 1 fully saturated rings. The van der Waals surface area contributed by atoms with E-state index in [1.54, 1.807) is 13.2 Å². The van der Waals surface area contributed by atoms with Crippen LogP contribution in [-0.4, -0.2) is 45.6 Å². The third-order valence-electron chi connectivity index (χ3n) is 3.91. The van der Waals surface area contributed by atoms with E-state index in [2.05, 4.69) is 10.6 Å². The Morgan fingerprint density at radius 1 is 1.21 bits per heavy atom. The van der Waals surface area contributed by atoms with Crippen LogP contribution < -0.4 is 15.4 Å². The van der Waals surface area contributed by atoms with Crippen molar-refractivity contribution in [1.82, 2.24) is 5.32 Å². The van der Waals surface area contributed by atoms with Crippen LogP contribution in [0.15, 0.2) is 24.3 Å². The Labute approximate surface area is 143 Å². The molecule has 1 aromatic carbocycles. The third-order valence-corrected chi connectivity index (χ3v) is 3.91. The fourth-order valence-electron chi connectivity index (χ4n) is 2.66. The van der Waals surface area contributed by atoms with Gasteiger partial charge in [0.25, 0.3) is 0 Å². The molecule has 0 spiro atoms. The Kier molecular flexibility index (Phi) is 8.41. The first-order chi connectivity index (χ1) is 11.8. The van der Waals surface area contributed by atoms with E-state index in [4.69, 9.17) is 14.2 Å². The molecule has 134 valence electrons. The van der Waals surface area contributed by atoms with Gasteiger partial charge >= 0.3 is 6.03 Å². The molecular formula is C18H28N2O4. The quantitative estimate of drug-likeness (QED) is 0.644. The fraction of sp³-hybridized carbons (Fsp3) is 0.611. The standard InChI is InChI=1S/C18H28N2O4/c1-22-12-13-24-17-9-4-6-15(14-17)20-18(21)19-10-5-11-23-16-7-2-3-8-16/h4,6,9,14,16H,2-3,5,7-8,10-13H2,1H3,(H2,19,20,21).